The van der Waals surface area contributed by atoms with Gasteiger partial charge in [-0.15, -0.1) is 0 Å². The summed E-state index contributed by atoms with van der Waals surface area (Å²) in [7, 11) is -9.92. The van der Waals surface area contributed by atoms with Crippen molar-refractivity contribution >= 4 is 39.5 Å². The van der Waals surface area contributed by atoms with Gasteiger partial charge >= 0.3 is 39.5 Å². The molecular formula is C85H166O17P2. The number of hydrogen-bond acceptors (Lipinski definition) is 15. The van der Waals surface area contributed by atoms with Gasteiger partial charge in [-0.1, -0.05) is 401 Å². The Labute approximate surface area is 638 Å². The molecule has 0 fully saturated rings. The Morgan fingerprint density at radius 3 is 0.731 bits per heavy atom. The van der Waals surface area contributed by atoms with Crippen molar-refractivity contribution in [3.63, 3.8) is 0 Å². The molecule has 0 aromatic heterocycles. The van der Waals surface area contributed by atoms with Gasteiger partial charge in [0.1, 0.15) is 19.3 Å². The molecule has 0 radical (unpaired) electrons. The molecule has 0 aromatic rings. The zero-order valence-corrected chi connectivity index (χ0v) is 70.1. The summed E-state index contributed by atoms with van der Waals surface area (Å²) in [6.07, 6.45) is 68.4. The number of unbranched alkanes of at least 4 members (excludes halogenated alkanes) is 53. The van der Waals surface area contributed by atoms with Gasteiger partial charge in [-0.3, -0.25) is 37.3 Å². The minimum atomic E-state index is -4.97. The van der Waals surface area contributed by atoms with Gasteiger partial charge in [0.05, 0.1) is 26.4 Å². The second-order valence-electron chi connectivity index (χ2n) is 31.3. The van der Waals surface area contributed by atoms with E-state index in [1.165, 1.54) is 263 Å². The van der Waals surface area contributed by atoms with Crippen LogP contribution in [0, 0.1) is 11.8 Å². The highest BCUT2D eigenvalue weighted by molar-refractivity contribution is 7.47. The SMILES string of the molecule is CCCCCCCCCCCCCCCCCCCCCCCC(=O)OC[C@H](COP(=O)(O)OC[C@@H](O)COP(=O)(O)OC[C@@H](COC(=O)CCCCCCCCCC(C)C)OC(=O)CCCCCCCCCCC(C)CC)OC(=O)CCCCCCCCCCCCCCCCCCCCCCC. The second-order valence-corrected chi connectivity index (χ2v) is 34.2. The predicted octanol–water partition coefficient (Wildman–Crippen LogP) is 25.8. The number of hydrogen-bond donors (Lipinski definition) is 3. The Morgan fingerprint density at radius 2 is 0.490 bits per heavy atom. The zero-order chi connectivity index (χ0) is 76.4. The fourth-order valence-corrected chi connectivity index (χ4v) is 14.8. The Balaban J connectivity index is 5.20. The molecule has 0 aliphatic carbocycles. The summed E-state index contributed by atoms with van der Waals surface area (Å²) in [5.41, 5.74) is 0. The van der Waals surface area contributed by atoms with E-state index < -0.39 is 97.5 Å². The number of aliphatic hydroxyl groups excluding tert-OH is 1. The molecule has 104 heavy (non-hydrogen) atoms. The lowest BCUT2D eigenvalue weighted by Gasteiger charge is -2.21. The van der Waals surface area contributed by atoms with Crippen LogP contribution in [0.5, 0.6) is 0 Å². The third-order valence-corrected chi connectivity index (χ3v) is 22.2. The minimum Gasteiger partial charge on any atom is -0.462 e. The van der Waals surface area contributed by atoms with E-state index in [1.54, 1.807) is 0 Å². The molecule has 19 heteroatoms. The monoisotopic (exact) mass is 1520 g/mol. The van der Waals surface area contributed by atoms with E-state index in [4.69, 9.17) is 37.0 Å². The summed E-state index contributed by atoms with van der Waals surface area (Å²) in [6.45, 7) is 9.59. The summed E-state index contributed by atoms with van der Waals surface area (Å²) in [5.74, 6) is -0.635. The number of ether oxygens (including phenoxy) is 4. The largest absolute Gasteiger partial charge is 0.472 e. The number of rotatable bonds is 84. The van der Waals surface area contributed by atoms with Gasteiger partial charge in [-0.2, -0.15) is 0 Å². The molecule has 0 aromatic carbocycles. The van der Waals surface area contributed by atoms with Crippen molar-refractivity contribution in [2.75, 3.05) is 39.6 Å². The Hall–Kier alpha value is -1.94. The van der Waals surface area contributed by atoms with E-state index in [1.807, 2.05) is 0 Å². The maximum atomic E-state index is 13.1. The van der Waals surface area contributed by atoms with Crippen LogP contribution in [-0.2, 0) is 65.4 Å². The molecule has 0 heterocycles. The van der Waals surface area contributed by atoms with Gasteiger partial charge < -0.3 is 33.8 Å². The van der Waals surface area contributed by atoms with Crippen LogP contribution in [0.1, 0.15) is 452 Å². The molecular weight excluding hydrogens is 1350 g/mol. The quantitative estimate of drug-likeness (QED) is 0.0222. The minimum absolute atomic E-state index is 0.105. The van der Waals surface area contributed by atoms with Crippen molar-refractivity contribution < 1.29 is 80.2 Å². The van der Waals surface area contributed by atoms with Crippen LogP contribution >= 0.6 is 15.6 Å². The van der Waals surface area contributed by atoms with E-state index in [2.05, 4.69) is 41.5 Å². The van der Waals surface area contributed by atoms with Gasteiger partial charge in [0, 0.05) is 25.7 Å². The lowest BCUT2D eigenvalue weighted by atomic mass is 9.99. The summed E-state index contributed by atoms with van der Waals surface area (Å²) in [6, 6.07) is 0. The molecule has 0 spiro atoms. The highest BCUT2D eigenvalue weighted by Crippen LogP contribution is 2.45. The zero-order valence-electron chi connectivity index (χ0n) is 68.3. The number of phosphoric acid groups is 2. The molecule has 0 saturated carbocycles. The molecule has 0 rings (SSSR count). The molecule has 618 valence electrons. The number of phosphoric ester groups is 2. The lowest BCUT2D eigenvalue weighted by Crippen LogP contribution is -2.30. The van der Waals surface area contributed by atoms with E-state index >= 15 is 0 Å². The summed E-state index contributed by atoms with van der Waals surface area (Å²) < 4.78 is 68.8. The number of carbonyl (C=O) groups is 4. The van der Waals surface area contributed by atoms with E-state index in [-0.39, 0.29) is 25.7 Å². The standard InChI is InChI=1S/C85H166O17P2/c1-7-10-12-14-16-18-20-22-24-26-28-30-32-34-36-38-40-42-49-55-61-67-82(87)95-73-80(101-84(89)69-63-57-50-43-41-39-37-35-33-31-29-27-25-23-21-19-17-15-13-11-8-2)75-99-103(91,92)97-71-79(86)72-98-104(93,94)100-76-81(74-96-83(88)68-62-56-52-46-47-53-59-65-77(4)5)102-85(90)70-64-58-51-45-44-48-54-60-66-78(6)9-3/h77-81,86H,7-76H2,1-6H3,(H,91,92)(H,93,94)/t78?,79-,80-,81-/m1/s1. The van der Waals surface area contributed by atoms with Crippen LogP contribution in [0.3, 0.4) is 0 Å². The van der Waals surface area contributed by atoms with Crippen LogP contribution in [0.15, 0.2) is 0 Å². The average Bonchev–Trinajstić information content (AvgIpc) is 0.911. The van der Waals surface area contributed by atoms with Crippen molar-refractivity contribution in [3.05, 3.63) is 0 Å². The van der Waals surface area contributed by atoms with Crippen molar-refractivity contribution in [3.8, 4) is 0 Å². The van der Waals surface area contributed by atoms with E-state index in [0.717, 1.165) is 102 Å². The fourth-order valence-electron chi connectivity index (χ4n) is 13.2. The highest BCUT2D eigenvalue weighted by Gasteiger charge is 2.30. The Kier molecular flexibility index (Phi) is 75.0. The van der Waals surface area contributed by atoms with Crippen molar-refractivity contribution in [1.82, 2.24) is 0 Å². The molecule has 3 N–H and O–H groups in total. The summed E-state index contributed by atoms with van der Waals surface area (Å²) in [5, 5.41) is 10.7. The first-order chi connectivity index (χ1) is 50.4. The molecule has 6 atom stereocenters. The normalized spacial score (nSPS) is 14.1. The van der Waals surface area contributed by atoms with Crippen LogP contribution in [-0.4, -0.2) is 96.7 Å². The first kappa shape index (κ1) is 102. The maximum absolute atomic E-state index is 13.1. The van der Waals surface area contributed by atoms with Gasteiger partial charge in [-0.25, -0.2) is 9.13 Å². The number of aliphatic hydroxyl groups is 1. The fraction of sp³-hybridized carbons (Fsp3) is 0.953. The molecule has 0 bridgehead atoms. The molecule has 0 amide bonds. The van der Waals surface area contributed by atoms with Crippen molar-refractivity contribution in [1.29, 1.82) is 0 Å². The van der Waals surface area contributed by atoms with Crippen LogP contribution in [0.2, 0.25) is 0 Å². The lowest BCUT2D eigenvalue weighted by molar-refractivity contribution is -0.161. The molecule has 3 unspecified atom stereocenters. The summed E-state index contributed by atoms with van der Waals surface area (Å²) >= 11 is 0. The highest BCUT2D eigenvalue weighted by atomic mass is 31.2. The van der Waals surface area contributed by atoms with Gasteiger partial charge in [-0.05, 0) is 37.5 Å². The number of esters is 4. The molecule has 17 nitrogen and oxygen atoms in total. The first-order valence-corrected chi connectivity index (χ1v) is 47.0. The topological polar surface area (TPSA) is 237 Å². The molecule has 0 aliphatic rings. The van der Waals surface area contributed by atoms with E-state index in [0.29, 0.717) is 31.6 Å². The Bertz CT molecular complexity index is 2000. The second kappa shape index (κ2) is 76.4. The third kappa shape index (κ3) is 76.8. The average molecular weight is 1520 g/mol. The Morgan fingerprint density at radius 1 is 0.279 bits per heavy atom. The smallest absolute Gasteiger partial charge is 0.462 e. The van der Waals surface area contributed by atoms with Gasteiger partial charge in [0.25, 0.3) is 0 Å². The maximum Gasteiger partial charge on any atom is 0.472 e. The number of carbonyl (C=O) groups excluding carboxylic acids is 4. The summed E-state index contributed by atoms with van der Waals surface area (Å²) in [4.78, 5) is 73.1. The van der Waals surface area contributed by atoms with Crippen molar-refractivity contribution in [2.24, 2.45) is 11.8 Å². The predicted molar refractivity (Wildman–Crippen MR) is 428 cm³/mol. The van der Waals surface area contributed by atoms with Crippen LogP contribution < -0.4 is 0 Å². The van der Waals surface area contributed by atoms with Crippen LogP contribution in [0.25, 0.3) is 0 Å². The van der Waals surface area contributed by atoms with E-state index in [9.17, 15) is 43.2 Å². The van der Waals surface area contributed by atoms with Crippen molar-refractivity contribution in [2.45, 2.75) is 471 Å². The first-order valence-electron chi connectivity index (χ1n) is 44.0. The van der Waals surface area contributed by atoms with Crippen LogP contribution in [0.4, 0.5) is 0 Å². The molecule has 0 aliphatic heterocycles. The van der Waals surface area contributed by atoms with Gasteiger partial charge in [0.15, 0.2) is 12.2 Å². The molecule has 0 saturated heterocycles. The van der Waals surface area contributed by atoms with Gasteiger partial charge in [0.2, 0.25) is 0 Å². The third-order valence-electron chi connectivity index (χ3n) is 20.3.